The summed E-state index contributed by atoms with van der Waals surface area (Å²) in [6, 6.07) is 4.12. The predicted molar refractivity (Wildman–Crippen MR) is 63.3 cm³/mol. The summed E-state index contributed by atoms with van der Waals surface area (Å²) in [5, 5.41) is 0. The quantitative estimate of drug-likeness (QED) is 0.802. The number of halogens is 2. The number of hydrogen-bond acceptors (Lipinski definition) is 3. The molecule has 0 aliphatic heterocycles. The van der Waals surface area contributed by atoms with Crippen molar-refractivity contribution in [2.45, 2.75) is 18.9 Å². The maximum atomic E-state index is 13.1. The normalized spacial score (nSPS) is 16.4. The Hall–Kier alpha value is -1.10. The summed E-state index contributed by atoms with van der Waals surface area (Å²) in [4.78, 5) is 11.5. The molecule has 92 valence electrons. The zero-order valence-corrected chi connectivity index (χ0v) is 10.9. The van der Waals surface area contributed by atoms with Crippen LogP contribution in [0, 0.1) is 11.7 Å². The second-order valence-corrected chi connectivity index (χ2v) is 4.83. The summed E-state index contributed by atoms with van der Waals surface area (Å²) < 4.78 is 23.9. The number of esters is 1. The van der Waals surface area contributed by atoms with Gasteiger partial charge in [0.1, 0.15) is 11.6 Å². The summed E-state index contributed by atoms with van der Waals surface area (Å²) in [5.74, 6) is -0.309. The fourth-order valence-electron chi connectivity index (χ4n) is 1.56. The highest BCUT2D eigenvalue weighted by Crippen LogP contribution is 2.37. The van der Waals surface area contributed by atoms with Crippen molar-refractivity contribution in [2.75, 3.05) is 7.11 Å². The van der Waals surface area contributed by atoms with Gasteiger partial charge in [-0.1, -0.05) is 0 Å². The average Bonchev–Trinajstić information content (AvgIpc) is 3.13. The molecular formula is C12H12BrFO3. The van der Waals surface area contributed by atoms with Crippen molar-refractivity contribution in [2.24, 2.45) is 5.92 Å². The van der Waals surface area contributed by atoms with Crippen molar-refractivity contribution in [3.63, 3.8) is 0 Å². The standard InChI is InChI=1S/C12H12BrFO3/c1-16-12(15)11(7-2-3-7)17-10-6-8(14)4-5-9(10)13/h4-7,11H,2-3H2,1H3. The molecule has 1 aliphatic carbocycles. The van der Waals surface area contributed by atoms with E-state index >= 15 is 0 Å². The van der Waals surface area contributed by atoms with Crippen molar-refractivity contribution in [1.29, 1.82) is 0 Å². The zero-order valence-electron chi connectivity index (χ0n) is 9.28. The van der Waals surface area contributed by atoms with Crippen molar-refractivity contribution >= 4 is 21.9 Å². The molecule has 1 aliphatic rings. The molecule has 1 aromatic carbocycles. The molecule has 1 atom stereocenters. The highest BCUT2D eigenvalue weighted by molar-refractivity contribution is 9.10. The second-order valence-electron chi connectivity index (χ2n) is 3.97. The minimum atomic E-state index is -0.641. The molecule has 1 unspecified atom stereocenters. The van der Waals surface area contributed by atoms with E-state index in [9.17, 15) is 9.18 Å². The minimum Gasteiger partial charge on any atom is -0.477 e. The van der Waals surface area contributed by atoms with Gasteiger partial charge < -0.3 is 9.47 Å². The molecule has 0 radical (unpaired) electrons. The molecule has 0 bridgehead atoms. The number of rotatable bonds is 4. The SMILES string of the molecule is COC(=O)C(Oc1cc(F)ccc1Br)C1CC1. The molecule has 17 heavy (non-hydrogen) atoms. The summed E-state index contributed by atoms with van der Waals surface area (Å²) >= 11 is 3.26. The molecule has 2 rings (SSSR count). The summed E-state index contributed by atoms with van der Waals surface area (Å²) in [6.45, 7) is 0. The van der Waals surface area contributed by atoms with Gasteiger partial charge in [-0.25, -0.2) is 9.18 Å². The molecule has 1 fully saturated rings. The van der Waals surface area contributed by atoms with E-state index in [-0.39, 0.29) is 5.92 Å². The van der Waals surface area contributed by atoms with Crippen molar-refractivity contribution < 1.29 is 18.7 Å². The number of hydrogen-bond donors (Lipinski definition) is 0. The molecule has 0 amide bonds. The first-order valence-electron chi connectivity index (χ1n) is 5.31. The van der Waals surface area contributed by atoms with Crippen LogP contribution in [-0.2, 0) is 9.53 Å². The van der Waals surface area contributed by atoms with Crippen LogP contribution in [0.4, 0.5) is 4.39 Å². The molecule has 0 spiro atoms. The van der Waals surface area contributed by atoms with Crippen LogP contribution in [-0.4, -0.2) is 19.2 Å². The van der Waals surface area contributed by atoms with Gasteiger partial charge in [-0.3, -0.25) is 0 Å². The van der Waals surface area contributed by atoms with Crippen molar-refractivity contribution in [3.05, 3.63) is 28.5 Å². The summed E-state index contributed by atoms with van der Waals surface area (Å²) in [7, 11) is 1.32. The smallest absolute Gasteiger partial charge is 0.347 e. The van der Waals surface area contributed by atoms with Gasteiger partial charge in [0.15, 0.2) is 6.10 Å². The highest BCUT2D eigenvalue weighted by Gasteiger charge is 2.39. The van der Waals surface area contributed by atoms with Gasteiger partial charge in [-0.05, 0) is 40.9 Å². The van der Waals surface area contributed by atoms with Crippen LogP contribution in [0.1, 0.15) is 12.8 Å². The lowest BCUT2D eigenvalue weighted by molar-refractivity contribution is -0.149. The van der Waals surface area contributed by atoms with Crippen LogP contribution in [0.2, 0.25) is 0 Å². The highest BCUT2D eigenvalue weighted by atomic mass is 79.9. The summed E-state index contributed by atoms with van der Waals surface area (Å²) in [6.07, 6.45) is 1.23. The number of methoxy groups -OCH3 is 1. The van der Waals surface area contributed by atoms with Crippen LogP contribution in [0.3, 0.4) is 0 Å². The largest absolute Gasteiger partial charge is 0.477 e. The first kappa shape index (κ1) is 12.4. The van der Waals surface area contributed by atoms with Gasteiger partial charge in [0.2, 0.25) is 0 Å². The number of benzene rings is 1. The van der Waals surface area contributed by atoms with E-state index < -0.39 is 17.9 Å². The average molecular weight is 303 g/mol. The fraction of sp³-hybridized carbons (Fsp3) is 0.417. The van der Waals surface area contributed by atoms with Gasteiger partial charge in [0.05, 0.1) is 11.6 Å². The maximum Gasteiger partial charge on any atom is 0.347 e. The Balaban J connectivity index is 2.16. The predicted octanol–water partition coefficient (Wildman–Crippen LogP) is 2.92. The van der Waals surface area contributed by atoms with E-state index in [0.29, 0.717) is 10.2 Å². The summed E-state index contributed by atoms with van der Waals surface area (Å²) in [5.41, 5.74) is 0. The molecular weight excluding hydrogens is 291 g/mol. The molecule has 0 aromatic heterocycles. The Labute approximate surface area is 107 Å². The first-order valence-corrected chi connectivity index (χ1v) is 6.10. The van der Waals surface area contributed by atoms with Gasteiger partial charge in [-0.2, -0.15) is 0 Å². The Morgan fingerprint density at radius 3 is 2.82 bits per heavy atom. The van der Waals surface area contributed by atoms with Crippen molar-refractivity contribution in [1.82, 2.24) is 0 Å². The first-order chi connectivity index (χ1) is 8.11. The number of ether oxygens (including phenoxy) is 2. The maximum absolute atomic E-state index is 13.1. The Kier molecular flexibility index (Phi) is 3.66. The Bertz CT molecular complexity index is 432. The third-order valence-electron chi connectivity index (χ3n) is 2.63. The third kappa shape index (κ3) is 2.97. The van der Waals surface area contributed by atoms with Crippen LogP contribution in [0.5, 0.6) is 5.75 Å². The van der Waals surface area contributed by atoms with E-state index in [1.54, 1.807) is 6.07 Å². The van der Waals surface area contributed by atoms with Crippen LogP contribution < -0.4 is 4.74 Å². The van der Waals surface area contributed by atoms with E-state index in [0.717, 1.165) is 12.8 Å². The molecule has 3 nitrogen and oxygen atoms in total. The lowest BCUT2D eigenvalue weighted by Crippen LogP contribution is -2.30. The van der Waals surface area contributed by atoms with E-state index in [1.807, 2.05) is 0 Å². The third-order valence-corrected chi connectivity index (χ3v) is 3.29. The van der Waals surface area contributed by atoms with Gasteiger partial charge in [-0.15, -0.1) is 0 Å². The zero-order chi connectivity index (χ0) is 12.4. The Morgan fingerprint density at radius 2 is 2.24 bits per heavy atom. The monoisotopic (exact) mass is 302 g/mol. The molecule has 1 aromatic rings. The molecule has 0 saturated heterocycles. The minimum absolute atomic E-state index is 0.178. The lowest BCUT2D eigenvalue weighted by atomic mass is 10.2. The van der Waals surface area contributed by atoms with E-state index in [2.05, 4.69) is 20.7 Å². The van der Waals surface area contributed by atoms with Gasteiger partial charge >= 0.3 is 5.97 Å². The van der Waals surface area contributed by atoms with Crippen LogP contribution in [0.15, 0.2) is 22.7 Å². The molecule has 5 heteroatoms. The second kappa shape index (κ2) is 5.04. The number of carbonyl (C=O) groups is 1. The van der Waals surface area contributed by atoms with Crippen molar-refractivity contribution in [3.8, 4) is 5.75 Å². The topological polar surface area (TPSA) is 35.5 Å². The lowest BCUT2D eigenvalue weighted by Gasteiger charge is -2.17. The number of carbonyl (C=O) groups excluding carboxylic acids is 1. The Morgan fingerprint density at radius 1 is 1.53 bits per heavy atom. The van der Waals surface area contributed by atoms with E-state index in [4.69, 9.17) is 4.74 Å². The van der Waals surface area contributed by atoms with Crippen LogP contribution >= 0.6 is 15.9 Å². The molecule has 1 saturated carbocycles. The molecule has 0 heterocycles. The van der Waals surface area contributed by atoms with E-state index in [1.165, 1.54) is 19.2 Å². The van der Waals surface area contributed by atoms with Crippen LogP contribution in [0.25, 0.3) is 0 Å². The van der Waals surface area contributed by atoms with Gasteiger partial charge in [0.25, 0.3) is 0 Å². The fourth-order valence-corrected chi connectivity index (χ4v) is 1.90. The van der Waals surface area contributed by atoms with Gasteiger partial charge in [0, 0.05) is 12.0 Å². The molecule has 0 N–H and O–H groups in total.